The van der Waals surface area contributed by atoms with Gasteiger partial charge in [0, 0.05) is 0 Å². The monoisotopic (exact) mass is 330 g/mol. The Labute approximate surface area is 131 Å². The minimum absolute atomic E-state index is 0.604. The smallest absolute Gasteiger partial charge is 0.402 e. The van der Waals surface area contributed by atoms with Crippen LogP contribution in [0, 0.1) is 0 Å². The molecule has 1 aliphatic rings. The van der Waals surface area contributed by atoms with Gasteiger partial charge in [0.25, 0.3) is 0 Å². The Balaban J connectivity index is 1.73. The summed E-state index contributed by atoms with van der Waals surface area (Å²) in [5.74, 6) is 0.604. The normalized spacial score (nSPS) is 16.4. The molecule has 21 heavy (non-hydrogen) atoms. The van der Waals surface area contributed by atoms with Crippen LogP contribution in [0.5, 0.6) is 5.75 Å². The fraction of sp³-hybridized carbons (Fsp3) is 0.600. The second kappa shape index (κ2) is 8.84. The van der Waals surface area contributed by atoms with Gasteiger partial charge in [0.2, 0.25) is 0 Å². The van der Waals surface area contributed by atoms with Crippen molar-refractivity contribution in [3.8, 4) is 5.75 Å². The van der Waals surface area contributed by atoms with Crippen molar-refractivity contribution in [3.63, 3.8) is 0 Å². The van der Waals surface area contributed by atoms with Crippen molar-refractivity contribution in [1.82, 2.24) is 0 Å². The van der Waals surface area contributed by atoms with E-state index in [1.54, 1.807) is 0 Å². The van der Waals surface area contributed by atoms with Crippen LogP contribution in [-0.4, -0.2) is 0 Å². The van der Waals surface area contributed by atoms with Crippen LogP contribution in [0.25, 0.3) is 0 Å². The molecule has 0 aromatic heterocycles. The number of benzene rings is 1. The van der Waals surface area contributed by atoms with Crippen molar-refractivity contribution < 1.29 is 17.0 Å². The third-order valence-electron chi connectivity index (χ3n) is 3.48. The van der Waals surface area contributed by atoms with E-state index in [4.69, 9.17) is 12.5 Å². The SMILES string of the molecule is CCCCCCCCCc1ccccc1OP1(=O)OSO1. The van der Waals surface area contributed by atoms with Gasteiger partial charge < -0.3 is 4.52 Å². The molecular formula is C15H23O4PS. The molecule has 0 atom stereocenters. The molecule has 0 N–H and O–H groups in total. The first kappa shape index (κ1) is 16.9. The zero-order valence-electron chi connectivity index (χ0n) is 12.5. The highest BCUT2D eigenvalue weighted by molar-refractivity contribution is 8.02. The molecule has 1 aromatic carbocycles. The molecule has 0 bridgehead atoms. The summed E-state index contributed by atoms with van der Waals surface area (Å²) in [6.07, 6.45) is 9.83. The maximum atomic E-state index is 11.8. The lowest BCUT2D eigenvalue weighted by molar-refractivity contribution is 0.276. The van der Waals surface area contributed by atoms with E-state index in [1.165, 1.54) is 38.5 Å². The lowest BCUT2D eigenvalue weighted by atomic mass is 10.0. The molecule has 1 saturated heterocycles. The minimum Gasteiger partial charge on any atom is -0.402 e. The van der Waals surface area contributed by atoms with Gasteiger partial charge in [0.05, 0.1) is 0 Å². The lowest BCUT2D eigenvalue weighted by Gasteiger charge is -2.23. The molecule has 1 heterocycles. The largest absolute Gasteiger partial charge is 0.556 e. The molecule has 4 nitrogen and oxygen atoms in total. The Morgan fingerprint density at radius 2 is 1.71 bits per heavy atom. The predicted octanol–water partition coefficient (Wildman–Crippen LogP) is 6.08. The summed E-state index contributed by atoms with van der Waals surface area (Å²) < 4.78 is 26.7. The minimum atomic E-state index is -3.34. The summed E-state index contributed by atoms with van der Waals surface area (Å²) in [5, 5.41) is 0. The highest BCUT2D eigenvalue weighted by atomic mass is 32.2. The van der Waals surface area contributed by atoms with Crippen molar-refractivity contribution in [2.45, 2.75) is 58.3 Å². The summed E-state index contributed by atoms with van der Waals surface area (Å²) in [7, 11) is -3.34. The standard InChI is InChI=1S/C15H23O4PS/c1-2-3-4-5-6-7-8-11-14-12-9-10-13-15(14)17-20(16)18-21-19-20/h9-10,12-13H,2-8,11H2,1H3. The quantitative estimate of drug-likeness (QED) is 0.296. The summed E-state index contributed by atoms with van der Waals surface area (Å²) in [6, 6.07) is 7.65. The average Bonchev–Trinajstić information content (AvgIpc) is 2.46. The van der Waals surface area contributed by atoms with Crippen molar-refractivity contribution in [3.05, 3.63) is 29.8 Å². The van der Waals surface area contributed by atoms with Crippen molar-refractivity contribution >= 4 is 20.1 Å². The predicted molar refractivity (Wildman–Crippen MR) is 86.1 cm³/mol. The Morgan fingerprint density at radius 1 is 1.05 bits per heavy atom. The molecule has 1 aromatic rings. The van der Waals surface area contributed by atoms with E-state index in [-0.39, 0.29) is 0 Å². The van der Waals surface area contributed by atoms with Gasteiger partial charge in [-0.1, -0.05) is 63.6 Å². The fourth-order valence-corrected chi connectivity index (χ4v) is 3.61. The Kier molecular flexibility index (Phi) is 7.11. The molecular weight excluding hydrogens is 307 g/mol. The second-order valence-electron chi connectivity index (χ2n) is 5.23. The van der Waals surface area contributed by atoms with E-state index in [0.29, 0.717) is 18.1 Å². The number of hydrogen-bond acceptors (Lipinski definition) is 5. The first-order valence-electron chi connectivity index (χ1n) is 7.66. The number of hydrogen-bond donors (Lipinski definition) is 0. The molecule has 1 aliphatic heterocycles. The zero-order chi connectivity index (χ0) is 15.0. The summed E-state index contributed by atoms with van der Waals surface area (Å²) >= 11 is 0.712. The van der Waals surface area contributed by atoms with Gasteiger partial charge in [-0.3, -0.25) is 0 Å². The number of phosphoric acid groups is 1. The number of para-hydroxylation sites is 1. The van der Waals surface area contributed by atoms with Crippen LogP contribution in [0.3, 0.4) is 0 Å². The third kappa shape index (κ3) is 5.67. The molecule has 1 fully saturated rings. The van der Waals surface area contributed by atoms with Gasteiger partial charge in [-0.15, -0.1) is 0 Å². The summed E-state index contributed by atoms with van der Waals surface area (Å²) in [5.41, 5.74) is 1.06. The fourth-order valence-electron chi connectivity index (χ4n) is 2.30. The molecule has 6 heteroatoms. The van der Waals surface area contributed by atoms with E-state index in [2.05, 4.69) is 6.92 Å². The van der Waals surface area contributed by atoms with E-state index in [1.807, 2.05) is 24.3 Å². The average molecular weight is 330 g/mol. The van der Waals surface area contributed by atoms with E-state index < -0.39 is 7.82 Å². The number of unbranched alkanes of at least 4 members (excludes halogenated alkanes) is 6. The Hall–Kier alpha value is -0.480. The topological polar surface area (TPSA) is 44.8 Å². The summed E-state index contributed by atoms with van der Waals surface area (Å²) in [6.45, 7) is 2.23. The van der Waals surface area contributed by atoms with Crippen LogP contribution in [-0.2, 0) is 18.9 Å². The Morgan fingerprint density at radius 3 is 2.38 bits per heavy atom. The van der Waals surface area contributed by atoms with Crippen LogP contribution in [0.15, 0.2) is 24.3 Å². The number of rotatable bonds is 10. The van der Waals surface area contributed by atoms with Crippen LogP contribution in [0.4, 0.5) is 0 Å². The summed E-state index contributed by atoms with van der Waals surface area (Å²) in [4.78, 5) is 0. The second-order valence-corrected chi connectivity index (χ2v) is 7.64. The van der Waals surface area contributed by atoms with E-state index in [0.717, 1.165) is 18.4 Å². The van der Waals surface area contributed by atoms with Crippen molar-refractivity contribution in [1.29, 1.82) is 0 Å². The molecule has 0 amide bonds. The maximum Gasteiger partial charge on any atom is 0.556 e. The maximum absolute atomic E-state index is 11.8. The van der Waals surface area contributed by atoms with Crippen LogP contribution in [0.1, 0.15) is 57.4 Å². The first-order valence-corrected chi connectivity index (χ1v) is 9.78. The molecule has 0 radical (unpaired) electrons. The third-order valence-corrected chi connectivity index (χ3v) is 5.84. The molecule has 118 valence electrons. The highest BCUT2D eigenvalue weighted by Gasteiger charge is 2.41. The van der Waals surface area contributed by atoms with E-state index in [9.17, 15) is 4.57 Å². The van der Waals surface area contributed by atoms with Crippen LogP contribution in [0.2, 0.25) is 0 Å². The van der Waals surface area contributed by atoms with Gasteiger partial charge in [-0.2, -0.15) is 7.94 Å². The Bertz CT molecular complexity index is 472. The molecule has 2 rings (SSSR count). The van der Waals surface area contributed by atoms with Crippen molar-refractivity contribution in [2.24, 2.45) is 0 Å². The molecule has 0 spiro atoms. The highest BCUT2D eigenvalue weighted by Crippen LogP contribution is 2.65. The van der Waals surface area contributed by atoms with Crippen LogP contribution >= 0.6 is 20.1 Å². The van der Waals surface area contributed by atoms with Crippen molar-refractivity contribution in [2.75, 3.05) is 0 Å². The van der Waals surface area contributed by atoms with Gasteiger partial charge in [0.15, 0.2) is 12.3 Å². The molecule has 0 unspecified atom stereocenters. The zero-order valence-corrected chi connectivity index (χ0v) is 14.2. The molecule has 0 saturated carbocycles. The van der Waals surface area contributed by atoms with E-state index >= 15 is 0 Å². The van der Waals surface area contributed by atoms with Gasteiger partial charge in [-0.25, -0.2) is 4.57 Å². The van der Waals surface area contributed by atoms with Gasteiger partial charge >= 0.3 is 7.82 Å². The first-order chi connectivity index (χ1) is 10.2. The van der Waals surface area contributed by atoms with Crippen LogP contribution < -0.4 is 4.52 Å². The lowest BCUT2D eigenvalue weighted by Crippen LogP contribution is -2.04. The van der Waals surface area contributed by atoms with Gasteiger partial charge in [-0.05, 0) is 24.5 Å². The van der Waals surface area contributed by atoms with Gasteiger partial charge in [0.1, 0.15) is 5.75 Å². The number of aryl methyl sites for hydroxylation is 1. The molecule has 0 aliphatic carbocycles.